The summed E-state index contributed by atoms with van der Waals surface area (Å²) in [6, 6.07) is 0. The smallest absolute Gasteiger partial charge is 0.305 e. The van der Waals surface area contributed by atoms with Gasteiger partial charge in [-0.1, -0.05) is 39.0 Å². The van der Waals surface area contributed by atoms with Gasteiger partial charge in [-0.2, -0.15) is 0 Å². The van der Waals surface area contributed by atoms with Crippen molar-refractivity contribution in [2.75, 3.05) is 13.7 Å². The summed E-state index contributed by atoms with van der Waals surface area (Å²) < 4.78 is 5.09. The number of carboxylic acids is 1. The third kappa shape index (κ3) is 6.34. The number of aliphatic carboxylic acids is 1. The highest BCUT2D eigenvalue weighted by atomic mass is 16.5. The first-order chi connectivity index (χ1) is 10.4. The summed E-state index contributed by atoms with van der Waals surface area (Å²) in [7, 11) is 1.52. The fourth-order valence-corrected chi connectivity index (χ4v) is 3.47. The number of amides is 1. The Labute approximate surface area is 133 Å². The van der Waals surface area contributed by atoms with Crippen molar-refractivity contribution < 1.29 is 19.4 Å². The van der Waals surface area contributed by atoms with E-state index in [1.165, 1.54) is 39.2 Å². The SMILES string of the molecule is CCC(CC1CCCCC1)C(=O)NC(C)(COC)CC(=O)O. The van der Waals surface area contributed by atoms with E-state index in [4.69, 9.17) is 9.84 Å². The zero-order chi connectivity index (χ0) is 16.6. The molecule has 0 spiro atoms. The molecule has 2 atom stereocenters. The lowest BCUT2D eigenvalue weighted by Gasteiger charge is -2.32. The fourth-order valence-electron chi connectivity index (χ4n) is 3.47. The maximum absolute atomic E-state index is 12.6. The predicted octanol–water partition coefficient (Wildman–Crippen LogP) is 2.98. The Morgan fingerprint density at radius 3 is 2.45 bits per heavy atom. The molecule has 128 valence electrons. The molecule has 0 saturated heterocycles. The van der Waals surface area contributed by atoms with Crippen molar-refractivity contribution in [2.24, 2.45) is 11.8 Å². The minimum absolute atomic E-state index is 0.0335. The number of methoxy groups -OCH3 is 1. The van der Waals surface area contributed by atoms with E-state index in [1.807, 2.05) is 6.92 Å². The third-order valence-corrected chi connectivity index (χ3v) is 4.64. The molecule has 22 heavy (non-hydrogen) atoms. The van der Waals surface area contributed by atoms with Crippen LogP contribution >= 0.6 is 0 Å². The summed E-state index contributed by atoms with van der Waals surface area (Å²) in [5, 5.41) is 12.0. The molecule has 0 heterocycles. The molecular formula is C17H31NO4. The van der Waals surface area contributed by atoms with Gasteiger partial charge in [-0.15, -0.1) is 0 Å². The molecule has 1 fully saturated rings. The zero-order valence-electron chi connectivity index (χ0n) is 14.2. The second-order valence-electron chi connectivity index (χ2n) is 6.90. The Morgan fingerprint density at radius 2 is 1.95 bits per heavy atom. The molecule has 0 aromatic heterocycles. The number of carbonyl (C=O) groups is 2. The van der Waals surface area contributed by atoms with Crippen LogP contribution < -0.4 is 5.32 Å². The number of carboxylic acid groups (broad SMARTS) is 1. The van der Waals surface area contributed by atoms with E-state index in [9.17, 15) is 9.59 Å². The van der Waals surface area contributed by atoms with Crippen molar-refractivity contribution in [1.29, 1.82) is 0 Å². The molecule has 0 bridgehead atoms. The second kappa shape index (κ2) is 9.13. The first kappa shape index (κ1) is 18.9. The van der Waals surface area contributed by atoms with Crippen molar-refractivity contribution in [3.8, 4) is 0 Å². The molecule has 1 saturated carbocycles. The van der Waals surface area contributed by atoms with Crippen LogP contribution in [-0.2, 0) is 14.3 Å². The highest BCUT2D eigenvalue weighted by molar-refractivity contribution is 5.80. The molecular weight excluding hydrogens is 282 g/mol. The highest BCUT2D eigenvalue weighted by Gasteiger charge is 2.32. The van der Waals surface area contributed by atoms with Gasteiger partial charge in [0.25, 0.3) is 0 Å². The van der Waals surface area contributed by atoms with E-state index in [2.05, 4.69) is 5.32 Å². The van der Waals surface area contributed by atoms with Crippen LogP contribution in [0, 0.1) is 11.8 Å². The minimum atomic E-state index is -0.930. The summed E-state index contributed by atoms with van der Waals surface area (Å²) in [6.45, 7) is 3.96. The lowest BCUT2D eigenvalue weighted by atomic mass is 9.81. The van der Waals surface area contributed by atoms with Gasteiger partial charge >= 0.3 is 5.97 Å². The Bertz CT molecular complexity index is 366. The third-order valence-electron chi connectivity index (χ3n) is 4.64. The molecule has 0 aromatic rings. The Hall–Kier alpha value is -1.10. The van der Waals surface area contributed by atoms with E-state index in [-0.39, 0.29) is 24.9 Å². The molecule has 1 aliphatic carbocycles. The highest BCUT2D eigenvalue weighted by Crippen LogP contribution is 2.30. The molecule has 0 radical (unpaired) electrons. The molecule has 5 nitrogen and oxygen atoms in total. The number of carbonyl (C=O) groups excluding carboxylic acids is 1. The van der Waals surface area contributed by atoms with Crippen LogP contribution in [0.5, 0.6) is 0 Å². The van der Waals surface area contributed by atoms with E-state index < -0.39 is 11.5 Å². The van der Waals surface area contributed by atoms with Gasteiger partial charge in [0.2, 0.25) is 5.91 Å². The van der Waals surface area contributed by atoms with Crippen LogP contribution in [0.1, 0.15) is 65.2 Å². The first-order valence-corrected chi connectivity index (χ1v) is 8.43. The van der Waals surface area contributed by atoms with Crippen LogP contribution in [0.4, 0.5) is 0 Å². The summed E-state index contributed by atoms with van der Waals surface area (Å²) in [5.41, 5.74) is -0.850. The molecule has 1 amide bonds. The Morgan fingerprint density at radius 1 is 1.32 bits per heavy atom. The second-order valence-corrected chi connectivity index (χ2v) is 6.90. The maximum Gasteiger partial charge on any atom is 0.305 e. The van der Waals surface area contributed by atoms with Crippen LogP contribution in [0.15, 0.2) is 0 Å². The number of nitrogens with one attached hydrogen (secondary N) is 1. The standard InChI is InChI=1S/C17H31NO4/c1-4-14(10-13-8-6-5-7-9-13)16(21)18-17(2,12-22-3)11-15(19)20/h13-14H,4-12H2,1-3H3,(H,18,21)(H,19,20). The maximum atomic E-state index is 12.6. The summed E-state index contributed by atoms with van der Waals surface area (Å²) in [5.74, 6) is -0.361. The average Bonchev–Trinajstić information content (AvgIpc) is 2.44. The van der Waals surface area contributed by atoms with Gasteiger partial charge < -0.3 is 15.2 Å². The molecule has 0 aromatic carbocycles. The van der Waals surface area contributed by atoms with Gasteiger partial charge in [-0.3, -0.25) is 9.59 Å². The van der Waals surface area contributed by atoms with E-state index in [0.717, 1.165) is 12.8 Å². The number of hydrogen-bond donors (Lipinski definition) is 2. The van der Waals surface area contributed by atoms with E-state index in [0.29, 0.717) is 5.92 Å². The quantitative estimate of drug-likeness (QED) is 0.686. The molecule has 2 N–H and O–H groups in total. The van der Waals surface area contributed by atoms with Crippen LogP contribution in [-0.4, -0.2) is 36.2 Å². The van der Waals surface area contributed by atoms with Gasteiger partial charge in [0.1, 0.15) is 0 Å². The topological polar surface area (TPSA) is 75.6 Å². The molecule has 5 heteroatoms. The van der Waals surface area contributed by atoms with Crippen molar-refractivity contribution >= 4 is 11.9 Å². The predicted molar refractivity (Wildman–Crippen MR) is 85.6 cm³/mol. The Kier molecular flexibility index (Phi) is 7.87. The normalized spacial score (nSPS) is 20.1. The molecule has 1 aliphatic rings. The Balaban J connectivity index is 2.62. The van der Waals surface area contributed by atoms with Crippen molar-refractivity contribution in [3.05, 3.63) is 0 Å². The number of hydrogen-bond acceptors (Lipinski definition) is 3. The van der Waals surface area contributed by atoms with E-state index in [1.54, 1.807) is 6.92 Å². The van der Waals surface area contributed by atoms with Gasteiger partial charge in [0.05, 0.1) is 18.6 Å². The van der Waals surface area contributed by atoms with Crippen molar-refractivity contribution in [2.45, 2.75) is 70.8 Å². The van der Waals surface area contributed by atoms with Gasteiger partial charge in [0, 0.05) is 13.0 Å². The lowest BCUT2D eigenvalue weighted by molar-refractivity contribution is -0.140. The zero-order valence-corrected chi connectivity index (χ0v) is 14.2. The summed E-state index contributed by atoms with van der Waals surface area (Å²) >= 11 is 0. The van der Waals surface area contributed by atoms with Gasteiger partial charge in [-0.05, 0) is 25.7 Å². The average molecular weight is 313 g/mol. The largest absolute Gasteiger partial charge is 0.481 e. The molecule has 0 aliphatic heterocycles. The minimum Gasteiger partial charge on any atom is -0.481 e. The van der Waals surface area contributed by atoms with Crippen molar-refractivity contribution in [1.82, 2.24) is 5.32 Å². The van der Waals surface area contributed by atoms with Gasteiger partial charge in [0.15, 0.2) is 0 Å². The van der Waals surface area contributed by atoms with Crippen LogP contribution in [0.3, 0.4) is 0 Å². The lowest BCUT2D eigenvalue weighted by Crippen LogP contribution is -2.52. The van der Waals surface area contributed by atoms with Gasteiger partial charge in [-0.25, -0.2) is 0 Å². The molecule has 1 rings (SSSR count). The molecule has 2 unspecified atom stereocenters. The van der Waals surface area contributed by atoms with E-state index >= 15 is 0 Å². The van der Waals surface area contributed by atoms with Crippen LogP contribution in [0.2, 0.25) is 0 Å². The summed E-state index contributed by atoms with van der Waals surface area (Å²) in [4.78, 5) is 23.6. The summed E-state index contributed by atoms with van der Waals surface area (Å²) in [6.07, 6.45) is 7.85. The fraction of sp³-hybridized carbons (Fsp3) is 0.882. The number of rotatable bonds is 9. The number of ether oxygens (including phenoxy) is 1. The van der Waals surface area contributed by atoms with Crippen molar-refractivity contribution in [3.63, 3.8) is 0 Å². The first-order valence-electron chi connectivity index (χ1n) is 8.43. The van der Waals surface area contributed by atoms with Crippen LogP contribution in [0.25, 0.3) is 0 Å². The monoisotopic (exact) mass is 313 g/mol.